The Bertz CT molecular complexity index is 2990. The third kappa shape index (κ3) is 4.88. The second-order valence-electron chi connectivity index (χ2n) is 19.4. The van der Waals surface area contributed by atoms with Crippen molar-refractivity contribution in [3.05, 3.63) is 161 Å². The van der Waals surface area contributed by atoms with Gasteiger partial charge in [0, 0.05) is 50.5 Å². The Morgan fingerprint density at radius 1 is 0.517 bits per heavy atom. The molecule has 294 valence electrons. The molecule has 0 saturated heterocycles. The van der Waals surface area contributed by atoms with E-state index in [0.717, 1.165) is 57.7 Å². The van der Waals surface area contributed by atoms with Crippen LogP contribution in [0.4, 0.5) is 39.8 Å². The Labute approximate surface area is 353 Å². The van der Waals surface area contributed by atoms with E-state index in [0.29, 0.717) is 0 Å². The Hall–Kier alpha value is -6.40. The number of aryl methyl sites for hydroxylation is 1. The second-order valence-corrected chi connectivity index (χ2v) is 19.4. The normalized spacial score (nSPS) is 17.4. The summed E-state index contributed by atoms with van der Waals surface area (Å²) in [6.07, 6.45) is 2.32. The van der Waals surface area contributed by atoms with Gasteiger partial charge in [-0.3, -0.25) is 0 Å². The Balaban J connectivity index is 1.21. The minimum atomic E-state index is -0.304. The molecule has 4 aliphatic heterocycles. The fourth-order valence-electron chi connectivity index (χ4n) is 11.1. The van der Waals surface area contributed by atoms with Crippen LogP contribution in [0, 0.1) is 6.92 Å². The van der Waals surface area contributed by atoms with Crippen LogP contribution in [0.3, 0.4) is 0 Å². The number of ether oxygens (including phenoxy) is 2. The van der Waals surface area contributed by atoms with Gasteiger partial charge in [-0.05, 0) is 131 Å². The minimum Gasteiger partial charge on any atom is -0.457 e. The number of nitrogens with zero attached hydrogens (tertiary/aromatic N) is 2. The van der Waals surface area contributed by atoms with Gasteiger partial charge in [0.1, 0.15) is 17.2 Å². The zero-order valence-corrected chi connectivity index (χ0v) is 35.4. The maximum Gasteiger partial charge on any atom is 0.333 e. The molecule has 7 aromatic rings. The van der Waals surface area contributed by atoms with Crippen molar-refractivity contribution in [2.24, 2.45) is 0 Å². The van der Waals surface area contributed by atoms with E-state index in [1.165, 1.54) is 67.8 Å². The lowest BCUT2D eigenvalue weighted by Crippen LogP contribution is -2.62. The van der Waals surface area contributed by atoms with E-state index in [1.807, 2.05) is 0 Å². The first kappa shape index (κ1) is 35.5. The molecule has 1 aliphatic carbocycles. The second kappa shape index (κ2) is 12.1. The van der Waals surface area contributed by atoms with E-state index in [1.54, 1.807) is 0 Å². The van der Waals surface area contributed by atoms with Gasteiger partial charge in [-0.1, -0.05) is 108 Å². The molecule has 0 aromatic heterocycles. The Kier molecular flexibility index (Phi) is 7.17. The van der Waals surface area contributed by atoms with Crippen LogP contribution < -0.4 is 35.4 Å². The Morgan fingerprint density at radius 3 is 1.98 bits per heavy atom. The van der Waals surface area contributed by atoms with E-state index in [2.05, 4.69) is 197 Å². The number of anilines is 7. The number of nitrogens with one attached hydrogen (secondary N) is 1. The van der Waals surface area contributed by atoms with Crippen molar-refractivity contribution in [3.8, 4) is 34.1 Å². The fraction of sp³-hybridized carbons (Fsp3) is 0.222. The standard InChI is InChI=1S/C54H48BN3O2/c1-32-26-38-39(53(4,5)25-24-52(38,2)3)29-43(32)57-44-30-40-49(59-46-21-13-11-19-37(46)54(40,6)7)31-41(44)55-50-36(27-34(28-45(50)57)56-33-16-9-8-10-17-33)35-18-15-23-48-51(35)58(55)42-20-12-14-22-47(42)60-48/h8-23,26-31,56H,24-25H2,1-7H3. The Morgan fingerprint density at radius 2 is 1.18 bits per heavy atom. The van der Waals surface area contributed by atoms with Crippen LogP contribution in [0.5, 0.6) is 23.0 Å². The molecule has 0 bridgehead atoms. The van der Waals surface area contributed by atoms with Crippen molar-refractivity contribution in [1.29, 1.82) is 0 Å². The quantitative estimate of drug-likeness (QED) is 0.181. The summed E-state index contributed by atoms with van der Waals surface area (Å²) < 4.78 is 13.7. The van der Waals surface area contributed by atoms with E-state index in [4.69, 9.17) is 9.47 Å². The van der Waals surface area contributed by atoms with Gasteiger partial charge in [0.05, 0.1) is 11.4 Å². The van der Waals surface area contributed by atoms with Crippen LogP contribution in [-0.4, -0.2) is 6.85 Å². The largest absolute Gasteiger partial charge is 0.457 e. The third-order valence-corrected chi connectivity index (χ3v) is 14.4. The van der Waals surface area contributed by atoms with Crippen LogP contribution in [0.25, 0.3) is 11.1 Å². The van der Waals surface area contributed by atoms with Crippen molar-refractivity contribution in [1.82, 2.24) is 0 Å². The summed E-state index contributed by atoms with van der Waals surface area (Å²) in [5.74, 6) is 3.56. The maximum atomic E-state index is 6.96. The molecule has 5 nitrogen and oxygen atoms in total. The van der Waals surface area contributed by atoms with Crippen LogP contribution in [-0.2, 0) is 16.2 Å². The fourth-order valence-corrected chi connectivity index (χ4v) is 11.1. The lowest BCUT2D eigenvalue weighted by Gasteiger charge is -2.49. The van der Waals surface area contributed by atoms with Gasteiger partial charge in [0.25, 0.3) is 0 Å². The van der Waals surface area contributed by atoms with Gasteiger partial charge in [0.2, 0.25) is 0 Å². The molecule has 4 heterocycles. The van der Waals surface area contributed by atoms with Crippen molar-refractivity contribution in [2.45, 2.75) is 77.6 Å². The van der Waals surface area contributed by atoms with Crippen molar-refractivity contribution in [2.75, 3.05) is 15.0 Å². The summed E-state index contributed by atoms with van der Waals surface area (Å²) in [6, 6.07) is 48.8. The molecule has 0 radical (unpaired) electrons. The zero-order chi connectivity index (χ0) is 40.9. The molecule has 1 N–H and O–H groups in total. The zero-order valence-electron chi connectivity index (χ0n) is 35.4. The number of benzene rings is 7. The highest BCUT2D eigenvalue weighted by Gasteiger charge is 2.50. The molecule has 0 fully saturated rings. The molecule has 0 spiro atoms. The maximum absolute atomic E-state index is 6.96. The minimum absolute atomic E-state index is 0.0346. The molecule has 7 aromatic carbocycles. The highest BCUT2D eigenvalue weighted by molar-refractivity contribution is 6.94. The molecule has 12 rings (SSSR count). The van der Waals surface area contributed by atoms with Crippen molar-refractivity contribution < 1.29 is 9.47 Å². The van der Waals surface area contributed by atoms with Gasteiger partial charge in [-0.25, -0.2) is 0 Å². The van der Waals surface area contributed by atoms with Crippen LogP contribution in [0.15, 0.2) is 133 Å². The van der Waals surface area contributed by atoms with Crippen LogP contribution in [0.1, 0.15) is 82.2 Å². The number of rotatable bonds is 3. The first-order valence-corrected chi connectivity index (χ1v) is 21.5. The van der Waals surface area contributed by atoms with Gasteiger partial charge in [0.15, 0.2) is 5.75 Å². The molecular weight excluding hydrogens is 733 g/mol. The van der Waals surface area contributed by atoms with Gasteiger partial charge in [-0.2, -0.15) is 0 Å². The molecule has 0 unspecified atom stereocenters. The lowest BCUT2D eigenvalue weighted by atomic mass is 9.43. The van der Waals surface area contributed by atoms with E-state index >= 15 is 0 Å². The molecule has 6 heteroatoms. The van der Waals surface area contributed by atoms with Crippen LogP contribution >= 0.6 is 0 Å². The van der Waals surface area contributed by atoms with Gasteiger partial charge in [-0.15, -0.1) is 0 Å². The van der Waals surface area contributed by atoms with E-state index < -0.39 is 0 Å². The first-order chi connectivity index (χ1) is 28.9. The van der Waals surface area contributed by atoms with Gasteiger partial charge < -0.3 is 24.5 Å². The third-order valence-electron chi connectivity index (χ3n) is 14.4. The molecule has 0 saturated carbocycles. The molecule has 60 heavy (non-hydrogen) atoms. The highest BCUT2D eigenvalue weighted by Crippen LogP contribution is 2.58. The van der Waals surface area contributed by atoms with E-state index in [9.17, 15) is 0 Å². The predicted molar refractivity (Wildman–Crippen MR) is 249 cm³/mol. The molecule has 5 aliphatic rings. The summed E-state index contributed by atoms with van der Waals surface area (Å²) >= 11 is 0. The van der Waals surface area contributed by atoms with Crippen molar-refractivity contribution in [3.63, 3.8) is 0 Å². The topological polar surface area (TPSA) is 37.0 Å². The van der Waals surface area contributed by atoms with Gasteiger partial charge >= 0.3 is 6.85 Å². The molecular formula is C54H48BN3O2. The smallest absolute Gasteiger partial charge is 0.333 e. The van der Waals surface area contributed by atoms with Crippen LogP contribution in [0.2, 0.25) is 0 Å². The molecule has 0 amide bonds. The summed E-state index contributed by atoms with van der Waals surface area (Å²) in [5.41, 5.74) is 19.0. The van der Waals surface area contributed by atoms with E-state index in [-0.39, 0.29) is 23.1 Å². The lowest BCUT2D eigenvalue weighted by molar-refractivity contribution is 0.332. The average Bonchev–Trinajstić information content (AvgIpc) is 3.23. The summed E-state index contributed by atoms with van der Waals surface area (Å²) in [6.45, 7) is 16.6. The SMILES string of the molecule is Cc1cc2c(cc1N1c3cc4c(cc3B3c5c(cc(Nc6ccccc6)cc51)-c1cccc5c1N3c1ccccc1O5)Oc1ccccc1C4(C)C)C(C)(C)CCC2(C)C. The van der Waals surface area contributed by atoms with Crippen molar-refractivity contribution >= 4 is 57.6 Å². The monoisotopic (exact) mass is 781 g/mol. The highest BCUT2D eigenvalue weighted by atomic mass is 16.5. The number of para-hydroxylation sites is 5. The molecule has 0 atom stereocenters. The number of hydrogen-bond acceptors (Lipinski definition) is 5. The summed E-state index contributed by atoms with van der Waals surface area (Å²) in [5, 5.41) is 3.83. The predicted octanol–water partition coefficient (Wildman–Crippen LogP) is 13.3. The first-order valence-electron chi connectivity index (χ1n) is 21.5. The summed E-state index contributed by atoms with van der Waals surface area (Å²) in [4.78, 5) is 5.15. The number of hydrogen-bond donors (Lipinski definition) is 1. The summed E-state index contributed by atoms with van der Waals surface area (Å²) in [7, 11) is 0. The average molecular weight is 782 g/mol. The number of fused-ring (bicyclic) bond motifs is 9.